The Hall–Kier alpha value is 1.34. The first-order valence-electron chi connectivity index (χ1n) is 4.69. The standard InChI is InChI=1S/C9H19I2NO2/c1-8(4-6-13-3)14-7-5-12-9(2,10)11/h8,12H,4-7H2,1-3H3. The van der Waals surface area contributed by atoms with Crippen LogP contribution in [0.3, 0.4) is 0 Å². The quantitative estimate of drug-likeness (QED) is 0.280. The van der Waals surface area contributed by atoms with Crippen molar-refractivity contribution >= 4 is 45.2 Å². The Kier molecular flexibility index (Phi) is 9.30. The smallest absolute Gasteiger partial charge is 0.120 e. The van der Waals surface area contributed by atoms with Crippen LogP contribution < -0.4 is 5.32 Å². The molecule has 0 aliphatic heterocycles. The van der Waals surface area contributed by atoms with E-state index in [4.69, 9.17) is 9.47 Å². The fourth-order valence-electron chi connectivity index (χ4n) is 0.898. The molecule has 14 heavy (non-hydrogen) atoms. The first kappa shape index (κ1) is 15.3. The van der Waals surface area contributed by atoms with Gasteiger partial charge in [-0.2, -0.15) is 0 Å². The highest BCUT2D eigenvalue weighted by Gasteiger charge is 2.12. The highest BCUT2D eigenvalue weighted by Crippen LogP contribution is 2.21. The van der Waals surface area contributed by atoms with Gasteiger partial charge in [0.15, 0.2) is 0 Å². The molecule has 0 amide bonds. The Morgan fingerprint density at radius 3 is 2.50 bits per heavy atom. The monoisotopic (exact) mass is 427 g/mol. The molecule has 0 aliphatic carbocycles. The topological polar surface area (TPSA) is 30.5 Å². The van der Waals surface area contributed by atoms with Crippen LogP contribution in [0.1, 0.15) is 20.3 Å². The molecule has 1 atom stereocenters. The summed E-state index contributed by atoms with van der Waals surface area (Å²) in [7, 11) is 1.71. The van der Waals surface area contributed by atoms with E-state index in [9.17, 15) is 0 Å². The molecule has 1 N–H and O–H groups in total. The van der Waals surface area contributed by atoms with Crippen molar-refractivity contribution in [2.45, 2.75) is 27.9 Å². The molecule has 0 saturated carbocycles. The van der Waals surface area contributed by atoms with Gasteiger partial charge in [-0.3, -0.25) is 5.32 Å². The predicted molar refractivity (Wildman–Crippen MR) is 76.4 cm³/mol. The van der Waals surface area contributed by atoms with E-state index in [-0.39, 0.29) is 7.66 Å². The maximum atomic E-state index is 5.59. The molecule has 0 fully saturated rings. The van der Waals surface area contributed by atoms with Crippen LogP contribution in [0.25, 0.3) is 0 Å². The van der Waals surface area contributed by atoms with Gasteiger partial charge >= 0.3 is 0 Å². The molecule has 5 heteroatoms. The average Bonchev–Trinajstić information content (AvgIpc) is 2.07. The molecule has 0 spiro atoms. The van der Waals surface area contributed by atoms with Crippen LogP contribution in [-0.2, 0) is 9.47 Å². The first-order chi connectivity index (χ1) is 6.45. The third-order valence-corrected chi connectivity index (χ3v) is 2.43. The van der Waals surface area contributed by atoms with Crippen LogP contribution in [0.4, 0.5) is 0 Å². The van der Waals surface area contributed by atoms with Gasteiger partial charge in [-0.1, -0.05) is 0 Å². The van der Waals surface area contributed by atoms with Crippen LogP contribution in [0, 0.1) is 0 Å². The Morgan fingerprint density at radius 2 is 2.00 bits per heavy atom. The van der Waals surface area contributed by atoms with E-state index in [0.717, 1.165) is 26.2 Å². The maximum absolute atomic E-state index is 5.59. The van der Waals surface area contributed by atoms with E-state index < -0.39 is 0 Å². The molecular formula is C9H19I2NO2. The van der Waals surface area contributed by atoms with E-state index in [1.807, 2.05) is 0 Å². The maximum Gasteiger partial charge on any atom is 0.120 e. The first-order valence-corrected chi connectivity index (χ1v) is 6.85. The molecule has 1 unspecified atom stereocenters. The van der Waals surface area contributed by atoms with Gasteiger partial charge < -0.3 is 9.47 Å². The Labute approximate surface area is 114 Å². The van der Waals surface area contributed by atoms with Crippen molar-refractivity contribution < 1.29 is 9.47 Å². The molecular weight excluding hydrogens is 408 g/mol. The lowest BCUT2D eigenvalue weighted by molar-refractivity contribution is 0.0425. The van der Waals surface area contributed by atoms with E-state index in [0.29, 0.717) is 0 Å². The van der Waals surface area contributed by atoms with Crippen molar-refractivity contribution in [2.75, 3.05) is 26.9 Å². The number of alkyl halides is 2. The number of ether oxygens (including phenoxy) is 2. The lowest BCUT2D eigenvalue weighted by Gasteiger charge is -2.18. The Morgan fingerprint density at radius 1 is 1.36 bits per heavy atom. The van der Waals surface area contributed by atoms with Gasteiger partial charge in [0, 0.05) is 20.3 Å². The summed E-state index contributed by atoms with van der Waals surface area (Å²) in [4.78, 5) is 0. The minimum Gasteiger partial charge on any atom is -0.385 e. The molecule has 3 nitrogen and oxygen atoms in total. The van der Waals surface area contributed by atoms with Gasteiger partial charge in [0.1, 0.15) is 1.55 Å². The molecule has 0 aromatic carbocycles. The highest BCUT2D eigenvalue weighted by atomic mass is 127. The zero-order valence-corrected chi connectivity index (χ0v) is 13.3. The lowest BCUT2D eigenvalue weighted by Crippen LogP contribution is -2.33. The van der Waals surface area contributed by atoms with Crippen molar-refractivity contribution in [1.82, 2.24) is 5.32 Å². The van der Waals surface area contributed by atoms with Crippen LogP contribution in [0.2, 0.25) is 0 Å². The number of methoxy groups -OCH3 is 1. The number of nitrogens with one attached hydrogen (secondary N) is 1. The van der Waals surface area contributed by atoms with Crippen LogP contribution in [0.5, 0.6) is 0 Å². The zero-order chi connectivity index (χ0) is 11.0. The SMILES string of the molecule is COCCC(C)OCCNC(C)(I)I. The third kappa shape index (κ3) is 11.4. The van der Waals surface area contributed by atoms with Crippen molar-refractivity contribution in [2.24, 2.45) is 0 Å². The zero-order valence-electron chi connectivity index (χ0n) is 8.98. The normalized spacial score (nSPS) is 14.4. The van der Waals surface area contributed by atoms with Crippen molar-refractivity contribution in [3.8, 4) is 0 Å². The molecule has 0 saturated heterocycles. The number of halogens is 2. The van der Waals surface area contributed by atoms with Crippen molar-refractivity contribution in [1.29, 1.82) is 0 Å². The summed E-state index contributed by atoms with van der Waals surface area (Å²) >= 11 is 4.71. The van der Waals surface area contributed by atoms with Crippen LogP contribution >= 0.6 is 45.2 Å². The summed E-state index contributed by atoms with van der Waals surface area (Å²) in [6.07, 6.45) is 1.24. The van der Waals surface area contributed by atoms with Gasteiger partial charge in [-0.15, -0.1) is 0 Å². The van der Waals surface area contributed by atoms with Crippen LogP contribution in [0.15, 0.2) is 0 Å². The summed E-state index contributed by atoms with van der Waals surface area (Å²) in [6, 6.07) is 0. The van der Waals surface area contributed by atoms with E-state index in [2.05, 4.69) is 64.3 Å². The summed E-state index contributed by atoms with van der Waals surface area (Å²) in [6.45, 7) is 6.62. The number of rotatable bonds is 8. The van der Waals surface area contributed by atoms with E-state index in [1.54, 1.807) is 7.11 Å². The van der Waals surface area contributed by atoms with E-state index >= 15 is 0 Å². The lowest BCUT2D eigenvalue weighted by atomic mass is 10.3. The van der Waals surface area contributed by atoms with Gasteiger partial charge in [0.25, 0.3) is 0 Å². The second kappa shape index (κ2) is 8.49. The molecule has 86 valence electrons. The highest BCUT2D eigenvalue weighted by molar-refractivity contribution is 14.2. The molecule has 0 heterocycles. The minimum absolute atomic E-state index is 0.120. The van der Waals surface area contributed by atoms with Crippen molar-refractivity contribution in [3.63, 3.8) is 0 Å². The second-order valence-electron chi connectivity index (χ2n) is 3.28. The fourth-order valence-corrected chi connectivity index (χ4v) is 1.44. The molecule has 0 aromatic rings. The minimum atomic E-state index is 0.120. The van der Waals surface area contributed by atoms with Gasteiger partial charge in [-0.25, -0.2) is 0 Å². The molecule has 0 rings (SSSR count). The Balaban J connectivity index is 3.27. The summed E-state index contributed by atoms with van der Waals surface area (Å²) < 4.78 is 10.7. The second-order valence-corrected chi connectivity index (χ2v) is 9.66. The van der Waals surface area contributed by atoms with Gasteiger partial charge in [-0.05, 0) is 65.5 Å². The predicted octanol–water partition coefficient (Wildman–Crippen LogP) is 2.56. The summed E-state index contributed by atoms with van der Waals surface area (Å²) in [5.41, 5.74) is 0. The van der Waals surface area contributed by atoms with E-state index in [1.165, 1.54) is 0 Å². The number of hydrogen-bond donors (Lipinski definition) is 1. The fraction of sp³-hybridized carbons (Fsp3) is 1.00. The largest absolute Gasteiger partial charge is 0.385 e. The van der Waals surface area contributed by atoms with Gasteiger partial charge in [0.2, 0.25) is 0 Å². The summed E-state index contributed by atoms with van der Waals surface area (Å²) in [5, 5.41) is 3.35. The average molecular weight is 427 g/mol. The molecule has 0 aromatic heterocycles. The Bertz CT molecular complexity index is 139. The number of hydrogen-bond acceptors (Lipinski definition) is 3. The van der Waals surface area contributed by atoms with Gasteiger partial charge in [0.05, 0.1) is 12.7 Å². The van der Waals surface area contributed by atoms with Crippen molar-refractivity contribution in [3.05, 3.63) is 0 Å². The molecule has 0 radical (unpaired) electrons. The molecule has 0 bridgehead atoms. The molecule has 0 aliphatic rings. The summed E-state index contributed by atoms with van der Waals surface area (Å²) in [5.74, 6) is 0. The third-order valence-electron chi connectivity index (χ3n) is 1.67. The van der Waals surface area contributed by atoms with Crippen LogP contribution in [-0.4, -0.2) is 34.5 Å².